The van der Waals surface area contributed by atoms with Gasteiger partial charge < -0.3 is 9.84 Å². The lowest BCUT2D eigenvalue weighted by molar-refractivity contribution is -0.139. The number of hydrogen-bond donors (Lipinski definition) is 1. The molecule has 2 atom stereocenters. The van der Waals surface area contributed by atoms with Crippen LogP contribution in [-0.2, 0) is 9.53 Å². The van der Waals surface area contributed by atoms with Crippen molar-refractivity contribution in [3.63, 3.8) is 0 Å². The molecule has 0 fully saturated rings. The smallest absolute Gasteiger partial charge is 0.320 e. The van der Waals surface area contributed by atoms with Crippen LogP contribution in [-0.4, -0.2) is 37.0 Å². The lowest BCUT2D eigenvalue weighted by atomic mass is 10.0. The Bertz CT molecular complexity index is 207. The molecule has 15 heavy (non-hydrogen) atoms. The van der Waals surface area contributed by atoms with Crippen molar-refractivity contribution in [2.45, 2.75) is 49.3 Å². The summed E-state index contributed by atoms with van der Waals surface area (Å²) in [5.74, 6) is -0.793. The number of halogens is 1. The third kappa shape index (κ3) is 5.68. The van der Waals surface area contributed by atoms with Gasteiger partial charge in [-0.05, 0) is 26.2 Å². The van der Waals surface area contributed by atoms with Crippen molar-refractivity contribution < 1.29 is 14.6 Å². The van der Waals surface area contributed by atoms with Crippen LogP contribution < -0.4 is 0 Å². The molecule has 0 saturated carbocycles. The molecule has 90 valence electrons. The Morgan fingerprint density at radius 3 is 2.47 bits per heavy atom. The van der Waals surface area contributed by atoms with Gasteiger partial charge in [-0.2, -0.15) is 0 Å². The fraction of sp³-hybridized carbons (Fsp3) is 0.900. The van der Waals surface area contributed by atoms with E-state index in [1.807, 2.05) is 0 Å². The molecule has 0 aliphatic heterocycles. The molecule has 0 aliphatic rings. The zero-order valence-corrected chi connectivity index (χ0v) is 12.7. The minimum atomic E-state index is -0.793. The first-order valence-corrected chi connectivity index (χ1v) is 9.03. The number of hydrogen-bond acceptors (Lipinski definition) is 2. The van der Waals surface area contributed by atoms with Gasteiger partial charge in [0, 0.05) is 12.8 Å². The van der Waals surface area contributed by atoms with Gasteiger partial charge in [0.2, 0.25) is 0 Å². The maximum Gasteiger partial charge on any atom is 0.320 e. The first-order chi connectivity index (χ1) is 6.81. The molecule has 1 N–H and O–H groups in total. The number of rotatable bonds is 7. The van der Waals surface area contributed by atoms with E-state index in [2.05, 4.69) is 29.0 Å². The molecular weight excluding hydrogens is 276 g/mol. The van der Waals surface area contributed by atoms with Crippen molar-refractivity contribution in [1.29, 1.82) is 0 Å². The molecule has 0 rings (SSSR count). The van der Waals surface area contributed by atoms with E-state index < -0.39 is 19.1 Å². The van der Waals surface area contributed by atoms with Crippen molar-refractivity contribution in [2.75, 3.05) is 7.11 Å². The number of aliphatic carboxylic acids is 1. The molecule has 3 nitrogen and oxygen atoms in total. The van der Waals surface area contributed by atoms with Crippen LogP contribution >= 0.6 is 15.9 Å². The lowest BCUT2D eigenvalue weighted by Crippen LogP contribution is -2.30. The summed E-state index contributed by atoms with van der Waals surface area (Å²) < 4.78 is 4.60. The molecule has 0 aromatic carbocycles. The second kappa shape index (κ2) is 6.65. The summed E-state index contributed by atoms with van der Waals surface area (Å²) in [4.78, 5) is 10.8. The third-order valence-corrected chi connectivity index (χ3v) is 5.46. The van der Waals surface area contributed by atoms with Gasteiger partial charge >= 0.3 is 5.97 Å². The first-order valence-electron chi connectivity index (χ1n) is 5.26. The summed E-state index contributed by atoms with van der Waals surface area (Å²) in [6.07, 6.45) is 2.50. The second-order valence-corrected chi connectivity index (χ2v) is 9.39. The van der Waals surface area contributed by atoms with Crippen LogP contribution in [0.4, 0.5) is 0 Å². The molecule has 0 aliphatic carbocycles. The van der Waals surface area contributed by atoms with E-state index in [1.165, 1.54) is 0 Å². The van der Waals surface area contributed by atoms with Crippen LogP contribution in [0.1, 0.15) is 26.2 Å². The van der Waals surface area contributed by atoms with Gasteiger partial charge in [-0.15, -0.1) is 0 Å². The van der Waals surface area contributed by atoms with E-state index in [-0.39, 0.29) is 0 Å². The van der Waals surface area contributed by atoms with Crippen molar-refractivity contribution in [1.82, 2.24) is 0 Å². The summed E-state index contributed by atoms with van der Waals surface area (Å²) in [6.45, 7) is 6.20. The SMILES string of the molecule is COC(CCCC(C)(Br)C(=O)O)[SiH](C)C. The molecule has 0 saturated heterocycles. The quantitative estimate of drug-likeness (QED) is 0.580. The van der Waals surface area contributed by atoms with Gasteiger partial charge in [-0.25, -0.2) is 0 Å². The highest BCUT2D eigenvalue weighted by Gasteiger charge is 2.29. The summed E-state index contributed by atoms with van der Waals surface area (Å²) in [5, 5.41) is 8.90. The van der Waals surface area contributed by atoms with Gasteiger partial charge in [0.05, 0.1) is 8.80 Å². The highest BCUT2D eigenvalue weighted by Crippen LogP contribution is 2.25. The van der Waals surface area contributed by atoms with Gasteiger partial charge in [-0.3, -0.25) is 4.79 Å². The Balaban J connectivity index is 3.92. The second-order valence-electron chi connectivity index (χ2n) is 4.41. The molecule has 0 spiro atoms. The minimum absolute atomic E-state index is 0.363. The van der Waals surface area contributed by atoms with Crippen molar-refractivity contribution in [2.24, 2.45) is 0 Å². The van der Waals surface area contributed by atoms with Crippen LogP contribution in [0, 0.1) is 0 Å². The van der Waals surface area contributed by atoms with Gasteiger partial charge in [0.15, 0.2) is 0 Å². The fourth-order valence-corrected chi connectivity index (χ4v) is 3.19. The molecule has 0 radical (unpaired) electrons. The average Bonchev–Trinajstić information content (AvgIpc) is 2.11. The monoisotopic (exact) mass is 296 g/mol. The zero-order valence-electron chi connectivity index (χ0n) is 9.92. The van der Waals surface area contributed by atoms with Crippen LogP contribution in [0.5, 0.6) is 0 Å². The lowest BCUT2D eigenvalue weighted by Gasteiger charge is -2.21. The molecule has 0 bridgehead atoms. The van der Waals surface area contributed by atoms with Crippen LogP contribution in [0.2, 0.25) is 13.1 Å². The standard InChI is InChI=1S/C10H21BrO3Si/c1-10(11,9(12)13)7-5-6-8(14-2)15(3)4/h8,15H,5-7H2,1-4H3,(H,12,13). The highest BCUT2D eigenvalue weighted by molar-refractivity contribution is 9.10. The van der Waals surface area contributed by atoms with E-state index in [9.17, 15) is 4.79 Å². The van der Waals surface area contributed by atoms with Crippen LogP contribution in [0.15, 0.2) is 0 Å². The first kappa shape index (κ1) is 15.1. The van der Waals surface area contributed by atoms with Crippen molar-refractivity contribution in [3.8, 4) is 0 Å². The molecule has 0 aromatic rings. The maximum atomic E-state index is 10.8. The maximum absolute atomic E-state index is 10.8. The normalized spacial score (nSPS) is 17.5. The Hall–Kier alpha value is 0.127. The summed E-state index contributed by atoms with van der Waals surface area (Å²) in [6, 6.07) is 0. The molecule has 0 amide bonds. The number of carbonyl (C=O) groups is 1. The molecule has 2 unspecified atom stereocenters. The summed E-state index contributed by atoms with van der Waals surface area (Å²) in [7, 11) is 0.958. The number of carboxylic acid groups (broad SMARTS) is 1. The molecule has 0 aromatic heterocycles. The van der Waals surface area contributed by atoms with Gasteiger partial charge in [0.1, 0.15) is 4.32 Å². The number of alkyl halides is 1. The topological polar surface area (TPSA) is 46.5 Å². The largest absolute Gasteiger partial charge is 0.480 e. The van der Waals surface area contributed by atoms with E-state index in [0.717, 1.165) is 12.8 Å². The Morgan fingerprint density at radius 2 is 2.13 bits per heavy atom. The van der Waals surface area contributed by atoms with Crippen LogP contribution in [0.25, 0.3) is 0 Å². The zero-order chi connectivity index (χ0) is 12.1. The van der Waals surface area contributed by atoms with E-state index in [0.29, 0.717) is 12.1 Å². The van der Waals surface area contributed by atoms with Crippen molar-refractivity contribution >= 4 is 30.7 Å². The van der Waals surface area contributed by atoms with E-state index in [1.54, 1.807) is 14.0 Å². The van der Waals surface area contributed by atoms with Crippen LogP contribution in [0.3, 0.4) is 0 Å². The Morgan fingerprint density at radius 1 is 1.60 bits per heavy atom. The van der Waals surface area contributed by atoms with E-state index >= 15 is 0 Å². The van der Waals surface area contributed by atoms with Crippen molar-refractivity contribution in [3.05, 3.63) is 0 Å². The summed E-state index contributed by atoms with van der Waals surface area (Å²) in [5.41, 5.74) is 0.363. The molecular formula is C10H21BrO3Si. The number of methoxy groups -OCH3 is 1. The predicted molar refractivity (Wildman–Crippen MR) is 68.5 cm³/mol. The fourth-order valence-electron chi connectivity index (χ4n) is 1.47. The third-order valence-electron chi connectivity index (χ3n) is 2.63. The number of carboxylic acids is 1. The molecule has 5 heteroatoms. The highest BCUT2D eigenvalue weighted by atomic mass is 79.9. The van der Waals surface area contributed by atoms with Gasteiger partial charge in [-0.1, -0.05) is 29.0 Å². The van der Waals surface area contributed by atoms with Gasteiger partial charge in [0.25, 0.3) is 0 Å². The summed E-state index contributed by atoms with van der Waals surface area (Å²) >= 11 is 3.23. The predicted octanol–water partition coefficient (Wildman–Crippen LogP) is 2.44. The average molecular weight is 297 g/mol. The van der Waals surface area contributed by atoms with E-state index in [4.69, 9.17) is 9.84 Å². The Labute approximate surface area is 102 Å². The minimum Gasteiger partial charge on any atom is -0.480 e. The molecule has 0 heterocycles. The number of ether oxygens (including phenoxy) is 1. The Kier molecular flexibility index (Phi) is 6.71.